The molecule has 0 unspecified atom stereocenters. The summed E-state index contributed by atoms with van der Waals surface area (Å²) >= 11 is 3.39. The van der Waals surface area contributed by atoms with E-state index in [1.165, 1.54) is 4.88 Å². The molecule has 2 aromatic heterocycles. The molecule has 1 saturated heterocycles. The lowest BCUT2D eigenvalue weighted by Gasteiger charge is -2.35. The molecule has 0 bridgehead atoms. The molecule has 22 heavy (non-hydrogen) atoms. The Morgan fingerprint density at radius 1 is 1.32 bits per heavy atom. The summed E-state index contributed by atoms with van der Waals surface area (Å²) in [6.07, 6.45) is 1.85. The average molecular weight is 336 g/mol. The number of anilines is 1. The van der Waals surface area contributed by atoms with E-state index in [2.05, 4.69) is 31.7 Å². The highest BCUT2D eigenvalue weighted by Crippen LogP contribution is 2.19. The maximum absolute atomic E-state index is 6.14. The number of piperazine rings is 1. The summed E-state index contributed by atoms with van der Waals surface area (Å²) in [5.74, 6) is 0.615. The lowest BCUT2D eigenvalue weighted by molar-refractivity contribution is 0.380. The Balaban J connectivity index is 1.56. The van der Waals surface area contributed by atoms with Crippen molar-refractivity contribution in [1.29, 1.82) is 0 Å². The van der Waals surface area contributed by atoms with Crippen LogP contribution in [0.2, 0.25) is 0 Å². The van der Waals surface area contributed by atoms with Crippen LogP contribution in [0, 0.1) is 13.8 Å². The highest BCUT2D eigenvalue weighted by Gasteiger charge is 2.19. The van der Waals surface area contributed by atoms with E-state index in [-0.39, 0.29) is 0 Å². The summed E-state index contributed by atoms with van der Waals surface area (Å²) in [4.78, 5) is 19.0. The molecule has 0 aromatic carbocycles. The number of rotatable bonds is 3. The number of thiazole rings is 2. The van der Waals surface area contributed by atoms with Crippen molar-refractivity contribution in [2.75, 3.05) is 31.1 Å². The molecule has 1 aliphatic heterocycles. The molecule has 0 spiro atoms. The predicted octanol–water partition coefficient (Wildman–Crippen LogP) is 1.85. The fourth-order valence-electron chi connectivity index (χ4n) is 2.47. The van der Waals surface area contributed by atoms with E-state index < -0.39 is 0 Å². The maximum Gasteiger partial charge on any atom is 0.191 e. The Morgan fingerprint density at radius 3 is 2.68 bits per heavy atom. The molecule has 0 amide bonds. The number of aliphatic imine (C=N–C) groups is 1. The van der Waals surface area contributed by atoms with E-state index in [9.17, 15) is 0 Å². The van der Waals surface area contributed by atoms with Crippen molar-refractivity contribution in [1.82, 2.24) is 14.9 Å². The van der Waals surface area contributed by atoms with Crippen molar-refractivity contribution in [2.24, 2.45) is 10.7 Å². The molecule has 6 nitrogen and oxygen atoms in total. The van der Waals surface area contributed by atoms with Gasteiger partial charge in [-0.05, 0) is 13.8 Å². The molecule has 0 saturated carbocycles. The molecule has 3 rings (SSSR count). The monoisotopic (exact) mass is 336 g/mol. The van der Waals surface area contributed by atoms with Crippen LogP contribution in [0.25, 0.3) is 0 Å². The second-order valence-electron chi connectivity index (χ2n) is 5.20. The Kier molecular flexibility index (Phi) is 4.58. The first kappa shape index (κ1) is 15.2. The summed E-state index contributed by atoms with van der Waals surface area (Å²) in [5, 5.41) is 4.18. The van der Waals surface area contributed by atoms with Crippen molar-refractivity contribution < 1.29 is 0 Å². The lowest BCUT2D eigenvalue weighted by atomic mass is 10.3. The summed E-state index contributed by atoms with van der Waals surface area (Å²) in [6, 6.07) is 0. The van der Waals surface area contributed by atoms with Gasteiger partial charge in [-0.3, -0.25) is 0 Å². The number of nitrogens with two attached hydrogens (primary N) is 1. The Labute approximate surface area is 138 Å². The van der Waals surface area contributed by atoms with Crippen LogP contribution in [0.5, 0.6) is 0 Å². The van der Waals surface area contributed by atoms with Crippen LogP contribution < -0.4 is 10.6 Å². The third-order valence-corrected chi connectivity index (χ3v) is 5.44. The Hall–Kier alpha value is -1.67. The molecular weight excluding hydrogens is 316 g/mol. The molecule has 3 heterocycles. The van der Waals surface area contributed by atoms with Crippen molar-refractivity contribution in [2.45, 2.75) is 20.4 Å². The zero-order valence-corrected chi connectivity index (χ0v) is 14.5. The normalized spacial score (nSPS) is 16.4. The van der Waals surface area contributed by atoms with Crippen LogP contribution in [0.3, 0.4) is 0 Å². The smallest absolute Gasteiger partial charge is 0.191 e. The molecule has 0 atom stereocenters. The molecular formula is C14H20N6S2. The summed E-state index contributed by atoms with van der Waals surface area (Å²) in [6.45, 7) is 8.28. The molecule has 0 aliphatic carbocycles. The van der Waals surface area contributed by atoms with Gasteiger partial charge < -0.3 is 15.5 Å². The van der Waals surface area contributed by atoms with E-state index in [0.29, 0.717) is 12.5 Å². The van der Waals surface area contributed by atoms with E-state index in [1.807, 2.05) is 18.5 Å². The van der Waals surface area contributed by atoms with Crippen LogP contribution in [0.1, 0.15) is 15.6 Å². The van der Waals surface area contributed by atoms with Crippen molar-refractivity contribution in [3.05, 3.63) is 27.2 Å². The minimum absolute atomic E-state index is 0.564. The van der Waals surface area contributed by atoms with E-state index in [0.717, 1.165) is 42.0 Å². The minimum Gasteiger partial charge on any atom is -0.370 e. The van der Waals surface area contributed by atoms with E-state index >= 15 is 0 Å². The van der Waals surface area contributed by atoms with Gasteiger partial charge >= 0.3 is 0 Å². The molecule has 2 N–H and O–H groups in total. The number of aromatic nitrogens is 2. The second-order valence-corrected chi connectivity index (χ2v) is 7.48. The predicted molar refractivity (Wildman–Crippen MR) is 92.8 cm³/mol. The van der Waals surface area contributed by atoms with Gasteiger partial charge in [0.25, 0.3) is 0 Å². The third kappa shape index (κ3) is 3.38. The third-order valence-electron chi connectivity index (χ3n) is 3.68. The van der Waals surface area contributed by atoms with Gasteiger partial charge in [0.15, 0.2) is 11.1 Å². The van der Waals surface area contributed by atoms with Crippen molar-refractivity contribution >= 4 is 33.8 Å². The number of guanidine groups is 1. The minimum atomic E-state index is 0.564. The van der Waals surface area contributed by atoms with Crippen molar-refractivity contribution in [3.63, 3.8) is 0 Å². The van der Waals surface area contributed by atoms with E-state index in [4.69, 9.17) is 5.73 Å². The second kappa shape index (κ2) is 6.62. The van der Waals surface area contributed by atoms with Crippen LogP contribution in [0.15, 0.2) is 16.6 Å². The van der Waals surface area contributed by atoms with Crippen LogP contribution in [-0.2, 0) is 6.54 Å². The van der Waals surface area contributed by atoms with E-state index in [1.54, 1.807) is 22.7 Å². The first-order chi connectivity index (χ1) is 10.6. The van der Waals surface area contributed by atoms with Gasteiger partial charge in [-0.2, -0.15) is 0 Å². The fraction of sp³-hybridized carbons (Fsp3) is 0.500. The van der Waals surface area contributed by atoms with Gasteiger partial charge in [0, 0.05) is 42.6 Å². The first-order valence-corrected chi connectivity index (χ1v) is 8.95. The SMILES string of the molecule is Cc1nc(CN=C(N)N2CCN(c3nccs3)CC2)c(C)s1. The van der Waals surface area contributed by atoms with Gasteiger partial charge in [-0.15, -0.1) is 22.7 Å². The van der Waals surface area contributed by atoms with Crippen LogP contribution in [-0.4, -0.2) is 47.0 Å². The number of aryl methyl sites for hydroxylation is 2. The van der Waals surface area contributed by atoms with Crippen LogP contribution in [0.4, 0.5) is 5.13 Å². The lowest BCUT2D eigenvalue weighted by Crippen LogP contribution is -2.51. The van der Waals surface area contributed by atoms with Gasteiger partial charge in [-0.1, -0.05) is 0 Å². The van der Waals surface area contributed by atoms with Gasteiger partial charge in [0.05, 0.1) is 17.2 Å². The maximum atomic E-state index is 6.14. The highest BCUT2D eigenvalue weighted by molar-refractivity contribution is 7.13. The fourth-order valence-corrected chi connectivity index (χ4v) is 4.00. The van der Waals surface area contributed by atoms with Crippen molar-refractivity contribution in [3.8, 4) is 0 Å². The quantitative estimate of drug-likeness (QED) is 0.684. The zero-order chi connectivity index (χ0) is 15.5. The number of hydrogen-bond acceptors (Lipinski definition) is 6. The Morgan fingerprint density at radius 2 is 2.09 bits per heavy atom. The Bertz CT molecular complexity index is 640. The summed E-state index contributed by atoms with van der Waals surface area (Å²) in [5.41, 5.74) is 7.17. The largest absolute Gasteiger partial charge is 0.370 e. The highest BCUT2D eigenvalue weighted by atomic mass is 32.1. The topological polar surface area (TPSA) is 70.6 Å². The van der Waals surface area contributed by atoms with Gasteiger partial charge in [-0.25, -0.2) is 15.0 Å². The van der Waals surface area contributed by atoms with Gasteiger partial charge in [0.2, 0.25) is 0 Å². The molecule has 1 fully saturated rings. The molecule has 118 valence electrons. The van der Waals surface area contributed by atoms with Crippen LogP contribution >= 0.6 is 22.7 Å². The molecule has 0 radical (unpaired) electrons. The number of hydrogen-bond donors (Lipinski definition) is 1. The first-order valence-electron chi connectivity index (χ1n) is 7.25. The standard InChI is InChI=1S/C14H20N6S2/c1-10-12(18-11(2)22-10)9-17-13(15)19-4-6-20(7-5-19)14-16-3-8-21-14/h3,8H,4-7,9H2,1-2H3,(H2,15,17). The average Bonchev–Trinajstić information content (AvgIpc) is 3.15. The number of nitrogens with zero attached hydrogens (tertiary/aromatic N) is 5. The molecule has 2 aromatic rings. The molecule has 8 heteroatoms. The molecule has 1 aliphatic rings. The summed E-state index contributed by atoms with van der Waals surface area (Å²) in [7, 11) is 0. The zero-order valence-electron chi connectivity index (χ0n) is 12.8. The van der Waals surface area contributed by atoms with Gasteiger partial charge in [0.1, 0.15) is 0 Å². The summed E-state index contributed by atoms with van der Waals surface area (Å²) < 4.78 is 0.